The molecule has 3 aromatic carbocycles. The normalized spacial score (nSPS) is 11.8. The van der Waals surface area contributed by atoms with Crippen molar-refractivity contribution in [2.45, 2.75) is 19.6 Å². The molecule has 0 unspecified atom stereocenters. The third kappa shape index (κ3) is 3.86. The van der Waals surface area contributed by atoms with Gasteiger partial charge in [-0.25, -0.2) is 26.0 Å². The minimum Gasteiger partial charge on any atom is -0.224 e. The van der Waals surface area contributed by atoms with E-state index in [2.05, 4.69) is 0 Å². The van der Waals surface area contributed by atoms with Crippen LogP contribution in [0, 0.1) is 23.3 Å². The molecule has 0 heterocycles. The van der Waals surface area contributed by atoms with E-state index in [1.165, 1.54) is 24.3 Å². The van der Waals surface area contributed by atoms with Crippen molar-refractivity contribution >= 4 is 20.7 Å². The summed E-state index contributed by atoms with van der Waals surface area (Å²) in [5.74, 6) is -3.80. The molecule has 0 bridgehead atoms. The van der Waals surface area contributed by atoms with Gasteiger partial charge in [-0.15, -0.1) is 0 Å². The van der Waals surface area contributed by atoms with Crippen LogP contribution in [0.3, 0.4) is 0 Å². The number of halogens is 4. The molecule has 27 heavy (non-hydrogen) atoms. The van der Waals surface area contributed by atoms with Gasteiger partial charge in [0.15, 0.2) is 38.0 Å². The van der Waals surface area contributed by atoms with Crippen molar-refractivity contribution < 1.29 is 26.0 Å². The molecule has 8 heteroatoms. The standard InChI is InChI=1S/C19H13F4O2S2/c1-27(24,25)13-10-8-12(9-11-13)26(18-14(20)4-2-5-15(18)21)19-16(22)6-3-7-17(19)23/h2-11H,1H3/q+1. The lowest BCUT2D eigenvalue weighted by atomic mass is 10.3. The van der Waals surface area contributed by atoms with E-state index in [-0.39, 0.29) is 9.79 Å². The number of hydrogen-bond donors (Lipinski definition) is 0. The first-order chi connectivity index (χ1) is 12.7. The van der Waals surface area contributed by atoms with E-state index in [4.69, 9.17) is 0 Å². The van der Waals surface area contributed by atoms with E-state index in [9.17, 15) is 26.0 Å². The van der Waals surface area contributed by atoms with Gasteiger partial charge in [-0.3, -0.25) is 0 Å². The lowest BCUT2D eigenvalue weighted by Gasteiger charge is -2.11. The van der Waals surface area contributed by atoms with E-state index >= 15 is 0 Å². The molecule has 0 fully saturated rings. The van der Waals surface area contributed by atoms with Crippen molar-refractivity contribution in [1.82, 2.24) is 0 Å². The third-order valence-corrected chi connectivity index (χ3v) is 7.20. The Hall–Kier alpha value is -2.32. The van der Waals surface area contributed by atoms with Crippen LogP contribution in [0.2, 0.25) is 0 Å². The summed E-state index contributed by atoms with van der Waals surface area (Å²) in [5, 5.41) is 0. The maximum absolute atomic E-state index is 14.4. The summed E-state index contributed by atoms with van der Waals surface area (Å²) in [4.78, 5) is -0.824. The Morgan fingerprint density at radius 3 is 1.37 bits per heavy atom. The first kappa shape index (κ1) is 19.4. The summed E-state index contributed by atoms with van der Waals surface area (Å²) >= 11 is 0. The summed E-state index contributed by atoms with van der Waals surface area (Å²) < 4.78 is 81.0. The van der Waals surface area contributed by atoms with Crippen LogP contribution >= 0.6 is 0 Å². The zero-order valence-corrected chi connectivity index (χ0v) is 15.6. The molecule has 0 aliphatic heterocycles. The monoisotopic (exact) mass is 413 g/mol. The molecule has 0 N–H and O–H groups in total. The molecule has 0 radical (unpaired) electrons. The predicted octanol–water partition coefficient (Wildman–Crippen LogP) is 4.74. The predicted molar refractivity (Wildman–Crippen MR) is 94.4 cm³/mol. The Labute approximate surface area is 156 Å². The zero-order valence-electron chi connectivity index (χ0n) is 13.9. The molecular formula is C19H13F4O2S2+. The second kappa shape index (κ2) is 7.36. The number of rotatable bonds is 4. The average molecular weight is 413 g/mol. The second-order valence-corrected chi connectivity index (χ2v) is 9.57. The van der Waals surface area contributed by atoms with Gasteiger partial charge in [-0.2, -0.15) is 0 Å². The first-order valence-corrected chi connectivity index (χ1v) is 10.7. The van der Waals surface area contributed by atoms with E-state index in [0.717, 1.165) is 42.7 Å². The van der Waals surface area contributed by atoms with Crippen LogP contribution in [0.5, 0.6) is 0 Å². The van der Waals surface area contributed by atoms with Crippen LogP contribution in [0.1, 0.15) is 0 Å². The quantitative estimate of drug-likeness (QED) is 0.457. The van der Waals surface area contributed by atoms with Gasteiger partial charge in [0, 0.05) is 6.26 Å². The van der Waals surface area contributed by atoms with E-state index in [0.29, 0.717) is 0 Å². The summed E-state index contributed by atoms with van der Waals surface area (Å²) in [6, 6.07) is 11.4. The van der Waals surface area contributed by atoms with Gasteiger partial charge >= 0.3 is 0 Å². The summed E-state index contributed by atoms with van der Waals surface area (Å²) in [6.45, 7) is 0. The van der Waals surface area contributed by atoms with E-state index in [1.807, 2.05) is 0 Å². The van der Waals surface area contributed by atoms with Gasteiger partial charge in [0.25, 0.3) is 0 Å². The van der Waals surface area contributed by atoms with Gasteiger partial charge in [-0.05, 0) is 48.5 Å². The molecule has 0 aliphatic rings. The topological polar surface area (TPSA) is 34.1 Å². The fourth-order valence-electron chi connectivity index (χ4n) is 2.52. The first-order valence-electron chi connectivity index (χ1n) is 7.62. The van der Waals surface area contributed by atoms with Gasteiger partial charge in [0.1, 0.15) is 10.9 Å². The summed E-state index contributed by atoms with van der Waals surface area (Å²) in [7, 11) is -5.29. The lowest BCUT2D eigenvalue weighted by molar-refractivity contribution is 0.528. The lowest BCUT2D eigenvalue weighted by Crippen LogP contribution is -2.13. The van der Waals surface area contributed by atoms with Crippen molar-refractivity contribution in [1.29, 1.82) is 0 Å². The maximum Gasteiger partial charge on any atom is 0.237 e. The SMILES string of the molecule is CS(=O)(=O)c1ccc([S+](c2c(F)cccc2F)c2c(F)cccc2F)cc1. The molecule has 0 aliphatic carbocycles. The van der Waals surface area contributed by atoms with Crippen LogP contribution in [0.15, 0.2) is 80.2 Å². The highest BCUT2D eigenvalue weighted by Crippen LogP contribution is 2.37. The van der Waals surface area contributed by atoms with E-state index in [1.54, 1.807) is 0 Å². The number of sulfone groups is 1. The van der Waals surface area contributed by atoms with Gasteiger partial charge in [-0.1, -0.05) is 12.1 Å². The summed E-state index contributed by atoms with van der Waals surface area (Å²) in [5.41, 5.74) is 0. The van der Waals surface area contributed by atoms with Gasteiger partial charge in [0.05, 0.1) is 4.90 Å². The summed E-state index contributed by atoms with van der Waals surface area (Å²) in [6.07, 6.45) is 1.01. The van der Waals surface area contributed by atoms with Crippen LogP contribution in [-0.2, 0) is 20.7 Å². The number of hydrogen-bond acceptors (Lipinski definition) is 2. The molecule has 140 valence electrons. The maximum atomic E-state index is 14.4. The Morgan fingerprint density at radius 1 is 0.667 bits per heavy atom. The Bertz CT molecular complexity index is 1010. The fourth-order valence-corrected chi connectivity index (χ4v) is 5.28. The molecular weight excluding hydrogens is 400 g/mol. The highest BCUT2D eigenvalue weighted by atomic mass is 32.2. The Kier molecular flexibility index (Phi) is 5.30. The van der Waals surface area contributed by atoms with Crippen LogP contribution in [-0.4, -0.2) is 14.7 Å². The molecule has 0 atom stereocenters. The Morgan fingerprint density at radius 2 is 1.04 bits per heavy atom. The minimum absolute atomic E-state index is 0.0159. The van der Waals surface area contributed by atoms with Crippen LogP contribution in [0.25, 0.3) is 0 Å². The molecule has 0 saturated carbocycles. The molecule has 3 rings (SSSR count). The van der Waals surface area contributed by atoms with Gasteiger partial charge < -0.3 is 0 Å². The largest absolute Gasteiger partial charge is 0.237 e. The average Bonchev–Trinajstić information content (AvgIpc) is 2.59. The highest BCUT2D eigenvalue weighted by molar-refractivity contribution is 7.97. The van der Waals surface area contributed by atoms with Gasteiger partial charge in [0.2, 0.25) is 9.79 Å². The zero-order chi connectivity index (χ0) is 19.8. The fraction of sp³-hybridized carbons (Fsp3) is 0.0526. The van der Waals surface area contributed by atoms with Crippen molar-refractivity contribution in [3.63, 3.8) is 0 Å². The molecule has 0 saturated heterocycles. The molecule has 3 aromatic rings. The molecule has 2 nitrogen and oxygen atoms in total. The number of benzene rings is 3. The second-order valence-electron chi connectivity index (χ2n) is 5.65. The Balaban J connectivity index is 2.29. The van der Waals surface area contributed by atoms with Crippen molar-refractivity contribution in [2.24, 2.45) is 0 Å². The molecule has 0 amide bonds. The third-order valence-electron chi connectivity index (χ3n) is 3.73. The van der Waals surface area contributed by atoms with Crippen LogP contribution < -0.4 is 0 Å². The highest BCUT2D eigenvalue weighted by Gasteiger charge is 2.40. The molecule has 0 aromatic heterocycles. The molecule has 0 spiro atoms. The van der Waals surface area contributed by atoms with Crippen molar-refractivity contribution in [3.8, 4) is 0 Å². The smallest absolute Gasteiger partial charge is 0.224 e. The van der Waals surface area contributed by atoms with Crippen LogP contribution in [0.4, 0.5) is 17.6 Å². The van der Waals surface area contributed by atoms with Crippen molar-refractivity contribution in [2.75, 3.05) is 6.26 Å². The minimum atomic E-state index is -3.50. The van der Waals surface area contributed by atoms with E-state index < -0.39 is 53.8 Å². The van der Waals surface area contributed by atoms with Crippen molar-refractivity contribution in [3.05, 3.63) is 83.9 Å².